The second-order valence-corrected chi connectivity index (χ2v) is 3.83. The molecule has 2 N–H and O–H groups in total. The van der Waals surface area contributed by atoms with Gasteiger partial charge in [0, 0.05) is 6.20 Å². The lowest BCUT2D eigenvalue weighted by Crippen LogP contribution is -2.37. The fraction of sp³-hybridized carbons (Fsp3) is 0.333. The first-order chi connectivity index (χ1) is 8.26. The standard InChI is InChI=1S/C12H15N3O2/c1-2-9(8-16)14-12(17)10-7-13-11-5-3-4-6-15(10)11/h3-7,9,16H,2,8H2,1H3,(H,14,17). The third kappa shape index (κ3) is 2.29. The van der Waals surface area contributed by atoms with E-state index >= 15 is 0 Å². The van der Waals surface area contributed by atoms with Crippen LogP contribution >= 0.6 is 0 Å². The van der Waals surface area contributed by atoms with E-state index in [2.05, 4.69) is 10.3 Å². The molecule has 0 bridgehead atoms. The Morgan fingerprint density at radius 3 is 3.12 bits per heavy atom. The number of nitrogens with one attached hydrogen (secondary N) is 1. The summed E-state index contributed by atoms with van der Waals surface area (Å²) in [4.78, 5) is 16.1. The minimum Gasteiger partial charge on any atom is -0.394 e. The maximum atomic E-state index is 12.0. The van der Waals surface area contributed by atoms with Crippen LogP contribution in [0.4, 0.5) is 0 Å². The Balaban J connectivity index is 2.25. The molecule has 0 spiro atoms. The van der Waals surface area contributed by atoms with Crippen molar-refractivity contribution in [3.05, 3.63) is 36.3 Å². The van der Waals surface area contributed by atoms with Gasteiger partial charge in [-0.25, -0.2) is 4.98 Å². The van der Waals surface area contributed by atoms with Crippen LogP contribution in [0, 0.1) is 0 Å². The number of hydrogen-bond donors (Lipinski definition) is 2. The molecule has 0 aliphatic rings. The molecule has 0 fully saturated rings. The number of carbonyl (C=O) groups excluding carboxylic acids is 1. The first kappa shape index (κ1) is 11.6. The van der Waals surface area contributed by atoms with Crippen molar-refractivity contribution in [2.75, 3.05) is 6.61 Å². The second kappa shape index (κ2) is 4.97. The van der Waals surface area contributed by atoms with Crippen molar-refractivity contribution in [2.45, 2.75) is 19.4 Å². The fourth-order valence-corrected chi connectivity index (χ4v) is 1.64. The van der Waals surface area contributed by atoms with E-state index in [1.807, 2.05) is 25.1 Å². The van der Waals surface area contributed by atoms with Crippen molar-refractivity contribution in [3.8, 4) is 0 Å². The Morgan fingerprint density at radius 2 is 2.41 bits per heavy atom. The molecule has 5 nitrogen and oxygen atoms in total. The lowest BCUT2D eigenvalue weighted by molar-refractivity contribution is 0.0909. The number of hydrogen-bond acceptors (Lipinski definition) is 3. The summed E-state index contributed by atoms with van der Waals surface area (Å²) < 4.78 is 1.72. The van der Waals surface area contributed by atoms with Gasteiger partial charge in [0.1, 0.15) is 11.3 Å². The van der Waals surface area contributed by atoms with Crippen LogP contribution in [0.15, 0.2) is 30.6 Å². The Kier molecular flexibility index (Phi) is 3.39. The highest BCUT2D eigenvalue weighted by Crippen LogP contribution is 2.06. The number of rotatable bonds is 4. The molecule has 0 aromatic carbocycles. The summed E-state index contributed by atoms with van der Waals surface area (Å²) in [6.45, 7) is 1.86. The van der Waals surface area contributed by atoms with Crippen LogP contribution in [-0.4, -0.2) is 33.0 Å². The molecule has 1 amide bonds. The number of aromatic nitrogens is 2. The van der Waals surface area contributed by atoms with Crippen molar-refractivity contribution in [3.63, 3.8) is 0 Å². The van der Waals surface area contributed by atoms with Crippen molar-refractivity contribution >= 4 is 11.6 Å². The van der Waals surface area contributed by atoms with E-state index in [9.17, 15) is 4.79 Å². The number of pyridine rings is 1. The number of nitrogens with zero attached hydrogens (tertiary/aromatic N) is 2. The zero-order valence-corrected chi connectivity index (χ0v) is 9.63. The van der Waals surface area contributed by atoms with Gasteiger partial charge in [0.05, 0.1) is 18.8 Å². The normalized spacial score (nSPS) is 12.6. The molecule has 0 saturated carbocycles. The molecular weight excluding hydrogens is 218 g/mol. The average Bonchev–Trinajstić information content (AvgIpc) is 2.79. The number of aliphatic hydroxyl groups is 1. The van der Waals surface area contributed by atoms with Crippen LogP contribution in [0.5, 0.6) is 0 Å². The maximum absolute atomic E-state index is 12.0. The van der Waals surface area contributed by atoms with Gasteiger partial charge in [-0.3, -0.25) is 9.20 Å². The van der Waals surface area contributed by atoms with E-state index in [0.717, 1.165) is 5.65 Å². The Hall–Kier alpha value is -1.88. The largest absolute Gasteiger partial charge is 0.394 e. The molecule has 0 aliphatic carbocycles. The van der Waals surface area contributed by atoms with Crippen LogP contribution in [-0.2, 0) is 0 Å². The van der Waals surface area contributed by atoms with E-state index in [1.54, 1.807) is 10.6 Å². The molecule has 5 heteroatoms. The first-order valence-corrected chi connectivity index (χ1v) is 5.60. The lowest BCUT2D eigenvalue weighted by Gasteiger charge is -2.13. The number of imidazole rings is 1. The number of carbonyl (C=O) groups is 1. The van der Waals surface area contributed by atoms with Gasteiger partial charge in [-0.05, 0) is 18.6 Å². The summed E-state index contributed by atoms with van der Waals surface area (Å²) in [5, 5.41) is 11.8. The monoisotopic (exact) mass is 233 g/mol. The minimum absolute atomic E-state index is 0.0566. The molecule has 2 rings (SSSR count). The molecule has 1 unspecified atom stereocenters. The molecular formula is C12H15N3O2. The highest BCUT2D eigenvalue weighted by atomic mass is 16.3. The smallest absolute Gasteiger partial charge is 0.270 e. The van der Waals surface area contributed by atoms with E-state index in [0.29, 0.717) is 12.1 Å². The van der Waals surface area contributed by atoms with E-state index in [-0.39, 0.29) is 18.6 Å². The molecule has 0 radical (unpaired) electrons. The van der Waals surface area contributed by atoms with Gasteiger partial charge in [0.25, 0.3) is 5.91 Å². The SMILES string of the molecule is CCC(CO)NC(=O)c1cnc2ccccn12. The van der Waals surface area contributed by atoms with E-state index in [1.165, 1.54) is 6.20 Å². The Morgan fingerprint density at radius 1 is 1.59 bits per heavy atom. The average molecular weight is 233 g/mol. The number of fused-ring (bicyclic) bond motifs is 1. The highest BCUT2D eigenvalue weighted by Gasteiger charge is 2.14. The van der Waals surface area contributed by atoms with Gasteiger partial charge in [-0.1, -0.05) is 13.0 Å². The van der Waals surface area contributed by atoms with Crippen molar-refractivity contribution < 1.29 is 9.90 Å². The summed E-state index contributed by atoms with van der Waals surface area (Å²) in [5.41, 5.74) is 1.21. The molecule has 2 aromatic rings. The molecule has 2 aromatic heterocycles. The van der Waals surface area contributed by atoms with Gasteiger partial charge in [0.15, 0.2) is 0 Å². The van der Waals surface area contributed by atoms with Crippen LogP contribution in [0.1, 0.15) is 23.8 Å². The first-order valence-electron chi connectivity index (χ1n) is 5.60. The quantitative estimate of drug-likeness (QED) is 0.822. The molecule has 0 aliphatic heterocycles. The van der Waals surface area contributed by atoms with Gasteiger partial charge in [0.2, 0.25) is 0 Å². The topological polar surface area (TPSA) is 66.6 Å². The summed E-state index contributed by atoms with van der Waals surface area (Å²) in [6.07, 6.45) is 4.02. The number of aliphatic hydroxyl groups excluding tert-OH is 1. The maximum Gasteiger partial charge on any atom is 0.270 e. The van der Waals surface area contributed by atoms with Crippen molar-refractivity contribution in [1.82, 2.24) is 14.7 Å². The van der Waals surface area contributed by atoms with Crippen LogP contribution in [0.3, 0.4) is 0 Å². The van der Waals surface area contributed by atoms with E-state index < -0.39 is 0 Å². The van der Waals surface area contributed by atoms with Crippen LogP contribution in [0.25, 0.3) is 5.65 Å². The summed E-state index contributed by atoms with van der Waals surface area (Å²) >= 11 is 0. The predicted molar refractivity (Wildman–Crippen MR) is 63.8 cm³/mol. The van der Waals surface area contributed by atoms with E-state index in [4.69, 9.17) is 5.11 Å². The van der Waals surface area contributed by atoms with Crippen molar-refractivity contribution in [1.29, 1.82) is 0 Å². The summed E-state index contributed by atoms with van der Waals surface area (Å²) in [5.74, 6) is -0.218. The van der Waals surface area contributed by atoms with Crippen LogP contribution in [0.2, 0.25) is 0 Å². The van der Waals surface area contributed by atoms with Gasteiger partial charge < -0.3 is 10.4 Å². The minimum atomic E-state index is -0.218. The van der Waals surface area contributed by atoms with Gasteiger partial charge in [-0.15, -0.1) is 0 Å². The van der Waals surface area contributed by atoms with Gasteiger partial charge in [-0.2, -0.15) is 0 Å². The fourth-order valence-electron chi connectivity index (χ4n) is 1.64. The molecule has 90 valence electrons. The molecule has 0 saturated heterocycles. The third-order valence-electron chi connectivity index (χ3n) is 2.70. The summed E-state index contributed by atoms with van der Waals surface area (Å²) in [6, 6.07) is 5.33. The van der Waals surface area contributed by atoms with Crippen molar-refractivity contribution in [2.24, 2.45) is 0 Å². The zero-order valence-electron chi connectivity index (χ0n) is 9.63. The number of amides is 1. The van der Waals surface area contributed by atoms with Crippen LogP contribution < -0.4 is 5.32 Å². The Labute approximate surface area is 99.1 Å². The third-order valence-corrected chi connectivity index (χ3v) is 2.70. The Bertz CT molecular complexity index is 517. The summed E-state index contributed by atoms with van der Waals surface area (Å²) in [7, 11) is 0. The predicted octanol–water partition coefficient (Wildman–Crippen LogP) is 0.835. The lowest BCUT2D eigenvalue weighted by atomic mass is 10.2. The highest BCUT2D eigenvalue weighted by molar-refractivity contribution is 5.93. The molecule has 17 heavy (non-hydrogen) atoms. The molecule has 1 atom stereocenters. The zero-order chi connectivity index (χ0) is 12.3. The molecule has 2 heterocycles. The second-order valence-electron chi connectivity index (χ2n) is 3.83. The van der Waals surface area contributed by atoms with Gasteiger partial charge >= 0.3 is 0 Å².